The fourth-order valence-corrected chi connectivity index (χ4v) is 4.42. The molecule has 0 N–H and O–H groups in total. The van der Waals surface area contributed by atoms with Gasteiger partial charge in [-0.05, 0) is 60.4 Å². The second kappa shape index (κ2) is 7.37. The molecule has 0 aromatic heterocycles. The smallest absolute Gasteiger partial charge is 0.339 e. The molecular formula is C22H22O2S. The monoisotopic (exact) mass is 350 g/mol. The highest BCUT2D eigenvalue weighted by Crippen LogP contribution is 2.41. The van der Waals surface area contributed by atoms with Gasteiger partial charge in [0.15, 0.2) is 0 Å². The number of carbonyl (C=O) groups excluding carboxylic acids is 1. The van der Waals surface area contributed by atoms with Crippen LogP contribution in [0.25, 0.3) is 0 Å². The Morgan fingerprint density at radius 1 is 1.20 bits per heavy atom. The summed E-state index contributed by atoms with van der Waals surface area (Å²) >= 11 is 1.92. The Bertz CT molecular complexity index is 856. The van der Waals surface area contributed by atoms with E-state index in [-0.39, 0.29) is 11.4 Å². The molecule has 2 aromatic rings. The third kappa shape index (κ3) is 3.91. The van der Waals surface area contributed by atoms with Crippen molar-refractivity contribution in [2.24, 2.45) is 0 Å². The molecule has 0 aliphatic carbocycles. The van der Waals surface area contributed by atoms with Gasteiger partial charge >= 0.3 is 5.97 Å². The molecule has 3 heteroatoms. The van der Waals surface area contributed by atoms with Crippen LogP contribution in [0.5, 0.6) is 0 Å². The fraction of sp³-hybridized carbons (Fsp3) is 0.318. The molecule has 0 bridgehead atoms. The minimum atomic E-state index is -0.324. The second-order valence-corrected chi connectivity index (χ2v) is 7.85. The molecule has 2 aromatic carbocycles. The third-order valence-corrected chi connectivity index (χ3v) is 5.53. The average Bonchev–Trinajstić information content (AvgIpc) is 2.60. The van der Waals surface area contributed by atoms with E-state index >= 15 is 0 Å². The van der Waals surface area contributed by atoms with E-state index in [0.717, 1.165) is 11.3 Å². The van der Waals surface area contributed by atoms with Crippen LogP contribution in [0, 0.1) is 11.8 Å². The number of ether oxygens (including phenoxy) is 1. The van der Waals surface area contributed by atoms with Crippen molar-refractivity contribution in [1.29, 1.82) is 0 Å². The standard InChI is InChI=1S/C22H22O2S/c1-4-24-21(23)18-8-6-5-7-17(18)11-9-16-10-12-20-19(15-16)22(2,3)13-14-25-20/h5-8,10,12,15H,4,13-14H2,1-3H3. The topological polar surface area (TPSA) is 26.3 Å². The summed E-state index contributed by atoms with van der Waals surface area (Å²) in [5.74, 6) is 7.21. The molecule has 1 aliphatic rings. The van der Waals surface area contributed by atoms with Gasteiger partial charge in [-0.15, -0.1) is 11.8 Å². The van der Waals surface area contributed by atoms with Gasteiger partial charge in [0.1, 0.15) is 0 Å². The van der Waals surface area contributed by atoms with Crippen molar-refractivity contribution in [3.63, 3.8) is 0 Å². The van der Waals surface area contributed by atoms with Crippen LogP contribution >= 0.6 is 11.8 Å². The maximum Gasteiger partial charge on any atom is 0.339 e. The zero-order valence-corrected chi connectivity index (χ0v) is 15.7. The van der Waals surface area contributed by atoms with E-state index in [1.54, 1.807) is 13.0 Å². The number of fused-ring (bicyclic) bond motifs is 1. The first-order valence-electron chi connectivity index (χ1n) is 8.57. The van der Waals surface area contributed by atoms with Crippen molar-refractivity contribution < 1.29 is 9.53 Å². The predicted octanol–water partition coefficient (Wildman–Crippen LogP) is 5.04. The largest absolute Gasteiger partial charge is 0.462 e. The zero-order chi connectivity index (χ0) is 17.9. The van der Waals surface area contributed by atoms with Crippen molar-refractivity contribution in [2.75, 3.05) is 12.4 Å². The number of hydrogen-bond acceptors (Lipinski definition) is 3. The van der Waals surface area contributed by atoms with Crippen LogP contribution in [0.15, 0.2) is 47.4 Å². The number of rotatable bonds is 2. The van der Waals surface area contributed by atoms with Crippen molar-refractivity contribution >= 4 is 17.7 Å². The maximum absolute atomic E-state index is 12.1. The molecule has 25 heavy (non-hydrogen) atoms. The SMILES string of the molecule is CCOC(=O)c1ccccc1C#Cc1ccc2c(c1)C(C)(C)CCS2. The zero-order valence-electron chi connectivity index (χ0n) is 14.9. The number of esters is 1. The van der Waals surface area contributed by atoms with Crippen molar-refractivity contribution in [3.05, 3.63) is 64.7 Å². The predicted molar refractivity (Wildman–Crippen MR) is 103 cm³/mol. The molecule has 0 fully saturated rings. The Hall–Kier alpha value is -2.18. The molecule has 128 valence electrons. The number of carbonyl (C=O) groups is 1. The summed E-state index contributed by atoms with van der Waals surface area (Å²) in [5.41, 5.74) is 3.75. The number of thioether (sulfide) groups is 1. The molecule has 0 saturated carbocycles. The molecule has 0 spiro atoms. The van der Waals surface area contributed by atoms with Gasteiger partial charge < -0.3 is 4.74 Å². The first kappa shape index (κ1) is 17.6. The summed E-state index contributed by atoms with van der Waals surface area (Å²) in [4.78, 5) is 13.4. The van der Waals surface area contributed by atoms with Crippen LogP contribution in [-0.2, 0) is 10.2 Å². The lowest BCUT2D eigenvalue weighted by Gasteiger charge is -2.32. The molecule has 0 radical (unpaired) electrons. The van der Waals surface area contributed by atoms with Crippen LogP contribution in [0.3, 0.4) is 0 Å². The lowest BCUT2D eigenvalue weighted by Crippen LogP contribution is -2.22. The van der Waals surface area contributed by atoms with E-state index in [0.29, 0.717) is 17.7 Å². The fourth-order valence-electron chi connectivity index (χ4n) is 2.93. The highest BCUT2D eigenvalue weighted by molar-refractivity contribution is 7.99. The average molecular weight is 350 g/mol. The Morgan fingerprint density at radius 2 is 2.00 bits per heavy atom. The summed E-state index contributed by atoms with van der Waals surface area (Å²) in [6.07, 6.45) is 1.17. The lowest BCUT2D eigenvalue weighted by molar-refractivity contribution is 0.0526. The molecule has 1 aliphatic heterocycles. The first-order chi connectivity index (χ1) is 12.0. The quantitative estimate of drug-likeness (QED) is 0.561. The van der Waals surface area contributed by atoms with E-state index < -0.39 is 0 Å². The van der Waals surface area contributed by atoms with Crippen LogP contribution in [0.4, 0.5) is 0 Å². The first-order valence-corrected chi connectivity index (χ1v) is 9.55. The molecule has 0 saturated heterocycles. The molecule has 0 unspecified atom stereocenters. The summed E-state index contributed by atoms with van der Waals surface area (Å²) in [5, 5.41) is 0. The summed E-state index contributed by atoms with van der Waals surface area (Å²) < 4.78 is 5.11. The van der Waals surface area contributed by atoms with Gasteiger partial charge in [-0.25, -0.2) is 4.79 Å². The highest BCUT2D eigenvalue weighted by atomic mass is 32.2. The summed E-state index contributed by atoms with van der Waals surface area (Å²) in [6, 6.07) is 13.8. The number of benzene rings is 2. The van der Waals surface area contributed by atoms with Gasteiger partial charge in [-0.1, -0.05) is 37.8 Å². The van der Waals surface area contributed by atoms with E-state index in [9.17, 15) is 4.79 Å². The van der Waals surface area contributed by atoms with E-state index in [1.165, 1.54) is 16.9 Å². The summed E-state index contributed by atoms with van der Waals surface area (Å²) in [7, 11) is 0. The Morgan fingerprint density at radius 3 is 2.80 bits per heavy atom. The van der Waals surface area contributed by atoms with Gasteiger partial charge in [0.2, 0.25) is 0 Å². The normalized spacial score (nSPS) is 14.8. The Balaban J connectivity index is 1.94. The molecule has 0 atom stereocenters. The van der Waals surface area contributed by atoms with Gasteiger partial charge in [0.05, 0.1) is 12.2 Å². The van der Waals surface area contributed by atoms with Crippen LogP contribution in [-0.4, -0.2) is 18.3 Å². The molecule has 1 heterocycles. The van der Waals surface area contributed by atoms with Crippen LogP contribution in [0.2, 0.25) is 0 Å². The molecule has 2 nitrogen and oxygen atoms in total. The highest BCUT2D eigenvalue weighted by Gasteiger charge is 2.27. The Labute approximate surface area is 154 Å². The van der Waals surface area contributed by atoms with E-state index in [2.05, 4.69) is 43.9 Å². The lowest BCUT2D eigenvalue weighted by atomic mass is 9.81. The number of hydrogen-bond donors (Lipinski definition) is 0. The Kier molecular flexibility index (Phi) is 5.20. The van der Waals surface area contributed by atoms with Crippen molar-refractivity contribution in [2.45, 2.75) is 37.5 Å². The van der Waals surface area contributed by atoms with Gasteiger partial charge in [0.25, 0.3) is 0 Å². The third-order valence-electron chi connectivity index (χ3n) is 4.46. The molecular weight excluding hydrogens is 328 g/mol. The second-order valence-electron chi connectivity index (χ2n) is 6.71. The van der Waals surface area contributed by atoms with Crippen LogP contribution < -0.4 is 0 Å². The maximum atomic E-state index is 12.1. The molecule has 3 rings (SSSR count). The van der Waals surface area contributed by atoms with Gasteiger partial charge in [-0.3, -0.25) is 0 Å². The van der Waals surface area contributed by atoms with Crippen LogP contribution in [0.1, 0.15) is 54.2 Å². The van der Waals surface area contributed by atoms with Crippen molar-refractivity contribution in [1.82, 2.24) is 0 Å². The summed E-state index contributed by atoms with van der Waals surface area (Å²) in [6.45, 7) is 6.74. The van der Waals surface area contributed by atoms with E-state index in [4.69, 9.17) is 4.74 Å². The van der Waals surface area contributed by atoms with Crippen molar-refractivity contribution in [3.8, 4) is 11.8 Å². The van der Waals surface area contributed by atoms with E-state index in [1.807, 2.05) is 30.0 Å². The van der Waals surface area contributed by atoms with Gasteiger partial charge in [0, 0.05) is 16.0 Å². The minimum absolute atomic E-state index is 0.182. The van der Waals surface area contributed by atoms with Gasteiger partial charge in [-0.2, -0.15) is 0 Å². The minimum Gasteiger partial charge on any atom is -0.462 e. The molecule has 0 amide bonds.